The summed E-state index contributed by atoms with van der Waals surface area (Å²) in [5, 5.41) is 6.93. The molecule has 0 unspecified atom stereocenters. The van der Waals surface area contributed by atoms with Gasteiger partial charge >= 0.3 is 6.18 Å². The van der Waals surface area contributed by atoms with E-state index in [1.807, 2.05) is 0 Å². The Bertz CT molecular complexity index is 1200. The van der Waals surface area contributed by atoms with Gasteiger partial charge in [0.25, 0.3) is 5.91 Å². The second kappa shape index (κ2) is 6.97. The Morgan fingerprint density at radius 3 is 2.62 bits per heavy atom. The van der Waals surface area contributed by atoms with Gasteiger partial charge in [-0.3, -0.25) is 9.78 Å². The monoisotopic (exact) mass is 398 g/mol. The van der Waals surface area contributed by atoms with E-state index in [1.54, 1.807) is 13.0 Å². The van der Waals surface area contributed by atoms with Crippen molar-refractivity contribution in [3.63, 3.8) is 0 Å². The number of hydrogen-bond acceptors (Lipinski definition) is 5. The summed E-state index contributed by atoms with van der Waals surface area (Å²) in [5.41, 5.74) is 0.270. The average molecular weight is 398 g/mol. The van der Waals surface area contributed by atoms with Gasteiger partial charge in [0.1, 0.15) is 5.69 Å². The third-order valence-electron chi connectivity index (χ3n) is 4.21. The number of aryl methyl sites for hydroxylation is 1. The van der Waals surface area contributed by atoms with Crippen LogP contribution in [0.1, 0.15) is 21.6 Å². The molecular formula is C19H13F3N6O. The minimum atomic E-state index is -4.53. The van der Waals surface area contributed by atoms with Crippen LogP contribution in [0.4, 0.5) is 19.0 Å². The summed E-state index contributed by atoms with van der Waals surface area (Å²) in [5.74, 6) is -0.346. The van der Waals surface area contributed by atoms with E-state index in [9.17, 15) is 18.0 Å². The van der Waals surface area contributed by atoms with Crippen molar-refractivity contribution in [1.82, 2.24) is 24.6 Å². The standard InChI is InChI=1S/C19H13F3N6O/c1-11-8-15-25-10-16(26-18(29)14-9-23-6-7-24-14)28(15)27-17(11)12-4-2-3-5-13(12)19(20,21)22/h2-10H,1H3,(H,26,29). The molecule has 0 saturated heterocycles. The molecule has 0 radical (unpaired) electrons. The molecular weight excluding hydrogens is 385 g/mol. The quantitative estimate of drug-likeness (QED) is 0.568. The van der Waals surface area contributed by atoms with Crippen molar-refractivity contribution in [3.8, 4) is 11.3 Å². The van der Waals surface area contributed by atoms with Crippen molar-refractivity contribution in [2.24, 2.45) is 0 Å². The lowest BCUT2D eigenvalue weighted by atomic mass is 10.0. The third kappa shape index (κ3) is 3.51. The van der Waals surface area contributed by atoms with Crippen molar-refractivity contribution in [2.75, 3.05) is 5.32 Å². The molecule has 4 aromatic rings. The molecule has 0 saturated carbocycles. The molecule has 4 rings (SSSR count). The van der Waals surface area contributed by atoms with E-state index in [4.69, 9.17) is 0 Å². The van der Waals surface area contributed by atoms with Gasteiger partial charge in [0.15, 0.2) is 11.5 Å². The van der Waals surface area contributed by atoms with Gasteiger partial charge < -0.3 is 5.32 Å². The number of hydrogen-bond donors (Lipinski definition) is 1. The number of carbonyl (C=O) groups excluding carboxylic acids is 1. The highest BCUT2D eigenvalue weighted by atomic mass is 19.4. The van der Waals surface area contributed by atoms with Crippen molar-refractivity contribution in [1.29, 1.82) is 0 Å². The Morgan fingerprint density at radius 2 is 1.90 bits per heavy atom. The van der Waals surface area contributed by atoms with Gasteiger partial charge in [-0.1, -0.05) is 18.2 Å². The maximum atomic E-state index is 13.4. The van der Waals surface area contributed by atoms with Crippen molar-refractivity contribution in [3.05, 3.63) is 71.9 Å². The molecule has 0 aliphatic carbocycles. The summed E-state index contributed by atoms with van der Waals surface area (Å²) >= 11 is 0. The molecule has 0 aliphatic rings. The highest BCUT2D eigenvalue weighted by molar-refractivity contribution is 6.02. The third-order valence-corrected chi connectivity index (χ3v) is 4.21. The normalized spacial score (nSPS) is 11.6. The lowest BCUT2D eigenvalue weighted by molar-refractivity contribution is -0.137. The molecule has 3 heterocycles. The Hall–Kier alpha value is -3.82. The van der Waals surface area contributed by atoms with Crippen LogP contribution >= 0.6 is 0 Å². The zero-order valence-electron chi connectivity index (χ0n) is 15.0. The van der Waals surface area contributed by atoms with E-state index in [-0.39, 0.29) is 22.8 Å². The van der Waals surface area contributed by atoms with E-state index in [2.05, 4.69) is 25.4 Å². The summed E-state index contributed by atoms with van der Waals surface area (Å²) in [7, 11) is 0. The van der Waals surface area contributed by atoms with Gasteiger partial charge in [-0.2, -0.15) is 22.8 Å². The fourth-order valence-corrected chi connectivity index (χ4v) is 2.89. The van der Waals surface area contributed by atoms with Crippen LogP contribution in [0.5, 0.6) is 0 Å². The molecule has 1 amide bonds. The predicted molar refractivity (Wildman–Crippen MR) is 98.1 cm³/mol. The summed E-state index contributed by atoms with van der Waals surface area (Å²) in [4.78, 5) is 24.2. The summed E-state index contributed by atoms with van der Waals surface area (Å²) in [6.45, 7) is 1.65. The van der Waals surface area contributed by atoms with Crippen molar-refractivity contribution < 1.29 is 18.0 Å². The zero-order chi connectivity index (χ0) is 20.6. The SMILES string of the molecule is Cc1cc2ncc(NC(=O)c3cnccn3)n2nc1-c1ccccc1C(F)(F)F. The molecule has 1 aromatic carbocycles. The van der Waals surface area contributed by atoms with E-state index in [0.717, 1.165) is 6.07 Å². The molecule has 3 aromatic heterocycles. The Morgan fingerprint density at radius 1 is 1.10 bits per heavy atom. The maximum absolute atomic E-state index is 13.4. The number of nitrogens with zero attached hydrogens (tertiary/aromatic N) is 5. The average Bonchev–Trinajstić information content (AvgIpc) is 3.08. The number of fused-ring (bicyclic) bond motifs is 1. The van der Waals surface area contributed by atoms with Crippen LogP contribution in [0.15, 0.2) is 55.1 Å². The molecule has 29 heavy (non-hydrogen) atoms. The van der Waals surface area contributed by atoms with Crippen LogP contribution in [0.25, 0.3) is 16.9 Å². The largest absolute Gasteiger partial charge is 0.417 e. The number of alkyl halides is 3. The Labute approximate surface area is 162 Å². The predicted octanol–water partition coefficient (Wildman–Crippen LogP) is 3.77. The van der Waals surface area contributed by atoms with Crippen LogP contribution in [-0.4, -0.2) is 30.5 Å². The minimum absolute atomic E-state index is 0.0562. The van der Waals surface area contributed by atoms with Gasteiger partial charge in [-0.15, -0.1) is 0 Å². The van der Waals surface area contributed by atoms with E-state index < -0.39 is 17.6 Å². The molecule has 1 N–H and O–H groups in total. The molecule has 0 aliphatic heterocycles. The second-order valence-electron chi connectivity index (χ2n) is 6.18. The number of nitrogens with one attached hydrogen (secondary N) is 1. The first-order chi connectivity index (χ1) is 13.8. The fraction of sp³-hybridized carbons (Fsp3) is 0.105. The van der Waals surface area contributed by atoms with E-state index in [1.165, 1.54) is 47.5 Å². The highest BCUT2D eigenvalue weighted by Crippen LogP contribution is 2.37. The zero-order valence-corrected chi connectivity index (χ0v) is 15.0. The number of anilines is 1. The summed E-state index contributed by atoms with van der Waals surface area (Å²) in [6.07, 6.45) is 0.936. The number of amides is 1. The molecule has 146 valence electrons. The van der Waals surface area contributed by atoms with Crippen molar-refractivity contribution >= 4 is 17.4 Å². The first kappa shape index (κ1) is 18.5. The molecule has 10 heteroatoms. The van der Waals surface area contributed by atoms with Gasteiger partial charge in [-0.05, 0) is 24.6 Å². The van der Waals surface area contributed by atoms with Gasteiger partial charge in [-0.25, -0.2) is 9.97 Å². The van der Waals surface area contributed by atoms with Crippen molar-refractivity contribution in [2.45, 2.75) is 13.1 Å². The second-order valence-corrected chi connectivity index (χ2v) is 6.18. The number of halogens is 3. The lowest BCUT2D eigenvalue weighted by Crippen LogP contribution is -2.16. The Kier molecular flexibility index (Phi) is 4.45. The molecule has 0 fully saturated rings. The van der Waals surface area contributed by atoms with Gasteiger partial charge in [0.2, 0.25) is 0 Å². The highest BCUT2D eigenvalue weighted by Gasteiger charge is 2.34. The van der Waals surface area contributed by atoms with Crippen LogP contribution < -0.4 is 5.32 Å². The number of aromatic nitrogens is 5. The van der Waals surface area contributed by atoms with E-state index >= 15 is 0 Å². The van der Waals surface area contributed by atoms with Crippen LogP contribution in [0, 0.1) is 6.92 Å². The number of benzene rings is 1. The van der Waals surface area contributed by atoms with Crippen LogP contribution in [0.3, 0.4) is 0 Å². The lowest BCUT2D eigenvalue weighted by Gasteiger charge is -2.14. The molecule has 7 nitrogen and oxygen atoms in total. The minimum Gasteiger partial charge on any atom is -0.304 e. The summed E-state index contributed by atoms with van der Waals surface area (Å²) in [6, 6.07) is 6.81. The number of rotatable bonds is 3. The number of carbonyl (C=O) groups is 1. The molecule has 0 bridgehead atoms. The topological polar surface area (TPSA) is 85.1 Å². The van der Waals surface area contributed by atoms with Crippen LogP contribution in [-0.2, 0) is 6.18 Å². The molecule has 0 atom stereocenters. The molecule has 0 spiro atoms. The Balaban J connectivity index is 1.80. The van der Waals surface area contributed by atoms with Crippen LogP contribution in [0.2, 0.25) is 0 Å². The van der Waals surface area contributed by atoms with E-state index in [0.29, 0.717) is 11.2 Å². The maximum Gasteiger partial charge on any atom is 0.417 e. The summed E-state index contributed by atoms with van der Waals surface area (Å²) < 4.78 is 41.6. The first-order valence-corrected chi connectivity index (χ1v) is 8.44. The first-order valence-electron chi connectivity index (χ1n) is 8.44. The van der Waals surface area contributed by atoms with Gasteiger partial charge in [0, 0.05) is 18.0 Å². The smallest absolute Gasteiger partial charge is 0.304 e. The van der Waals surface area contributed by atoms with Gasteiger partial charge in [0.05, 0.1) is 23.7 Å². The number of imidazole rings is 1. The fourth-order valence-electron chi connectivity index (χ4n) is 2.89.